The van der Waals surface area contributed by atoms with Crippen LogP contribution >= 0.6 is 11.8 Å². The van der Waals surface area contributed by atoms with Gasteiger partial charge in [-0.25, -0.2) is 0 Å². The Morgan fingerprint density at radius 3 is 2.79 bits per heavy atom. The van der Waals surface area contributed by atoms with Gasteiger partial charge in [0.15, 0.2) is 0 Å². The van der Waals surface area contributed by atoms with E-state index in [0.717, 1.165) is 39.0 Å². The lowest BCUT2D eigenvalue weighted by Crippen LogP contribution is -2.56. The highest BCUT2D eigenvalue weighted by atomic mass is 32.2. The number of nitrogens with one attached hydrogen (secondary N) is 1. The molecule has 0 aromatic carbocycles. The molecule has 2 atom stereocenters. The summed E-state index contributed by atoms with van der Waals surface area (Å²) in [5.74, 6) is -0.0630. The van der Waals surface area contributed by atoms with E-state index in [1.54, 1.807) is 0 Å². The number of likely N-dealkylation sites (N-methyl/N-ethyl adjacent to an activating group) is 1. The molecule has 5 heteroatoms. The second-order valence-corrected chi connectivity index (χ2v) is 6.95. The molecule has 0 spiro atoms. The molecule has 0 amide bonds. The molecule has 19 heavy (non-hydrogen) atoms. The number of ether oxygens (including phenoxy) is 2. The number of thioether (sulfide) groups is 1. The van der Waals surface area contributed by atoms with Gasteiger partial charge in [-0.2, -0.15) is 11.8 Å². The first-order valence-corrected chi connectivity index (χ1v) is 8.30. The molecule has 2 unspecified atom stereocenters. The SMILES string of the molecule is CCNC1(C(=O)OCC)CCCC(SC2COC2)C1. The van der Waals surface area contributed by atoms with Crippen LogP contribution in [0.3, 0.4) is 0 Å². The molecule has 1 heterocycles. The van der Waals surface area contributed by atoms with Gasteiger partial charge in [-0.1, -0.05) is 6.92 Å². The summed E-state index contributed by atoms with van der Waals surface area (Å²) in [4.78, 5) is 12.3. The van der Waals surface area contributed by atoms with E-state index in [0.29, 0.717) is 17.1 Å². The summed E-state index contributed by atoms with van der Waals surface area (Å²) in [6, 6.07) is 0. The van der Waals surface area contributed by atoms with Gasteiger partial charge in [0.25, 0.3) is 0 Å². The molecule has 0 aromatic heterocycles. The molecule has 0 radical (unpaired) electrons. The summed E-state index contributed by atoms with van der Waals surface area (Å²) in [7, 11) is 0. The maximum atomic E-state index is 12.3. The lowest BCUT2D eigenvalue weighted by Gasteiger charge is -2.41. The van der Waals surface area contributed by atoms with Crippen LogP contribution in [0.4, 0.5) is 0 Å². The Hall–Kier alpha value is -0.260. The van der Waals surface area contributed by atoms with Crippen LogP contribution < -0.4 is 5.32 Å². The van der Waals surface area contributed by atoms with Crippen molar-refractivity contribution >= 4 is 17.7 Å². The van der Waals surface area contributed by atoms with Crippen molar-refractivity contribution < 1.29 is 14.3 Å². The largest absolute Gasteiger partial charge is 0.465 e. The molecule has 1 N–H and O–H groups in total. The first-order chi connectivity index (χ1) is 9.20. The zero-order valence-electron chi connectivity index (χ0n) is 11.9. The Morgan fingerprint density at radius 1 is 1.42 bits per heavy atom. The highest BCUT2D eigenvalue weighted by Gasteiger charge is 2.44. The van der Waals surface area contributed by atoms with Gasteiger partial charge in [0.05, 0.1) is 25.1 Å². The molecule has 110 valence electrons. The van der Waals surface area contributed by atoms with E-state index < -0.39 is 5.54 Å². The number of carbonyl (C=O) groups is 1. The van der Waals surface area contributed by atoms with Crippen molar-refractivity contribution in [3.05, 3.63) is 0 Å². The Kier molecular flexibility index (Phi) is 5.54. The molecule has 1 aliphatic carbocycles. The van der Waals surface area contributed by atoms with Crippen molar-refractivity contribution in [2.24, 2.45) is 0 Å². The van der Waals surface area contributed by atoms with Crippen molar-refractivity contribution in [1.82, 2.24) is 5.32 Å². The van der Waals surface area contributed by atoms with Crippen LogP contribution in [0.2, 0.25) is 0 Å². The fraction of sp³-hybridized carbons (Fsp3) is 0.929. The molecule has 4 nitrogen and oxygen atoms in total. The smallest absolute Gasteiger partial charge is 0.326 e. The number of hydrogen-bond acceptors (Lipinski definition) is 5. The fourth-order valence-corrected chi connectivity index (χ4v) is 4.51. The van der Waals surface area contributed by atoms with Crippen LogP contribution in [-0.2, 0) is 14.3 Å². The summed E-state index contributed by atoms with van der Waals surface area (Å²) in [6.45, 7) is 6.93. The quantitative estimate of drug-likeness (QED) is 0.757. The zero-order chi connectivity index (χ0) is 13.7. The van der Waals surface area contributed by atoms with Gasteiger partial charge >= 0.3 is 5.97 Å². The second-order valence-electron chi connectivity index (χ2n) is 5.35. The van der Waals surface area contributed by atoms with Crippen molar-refractivity contribution in [2.45, 2.75) is 55.6 Å². The molecule has 1 saturated carbocycles. The third-order valence-corrected chi connectivity index (χ3v) is 5.32. The highest BCUT2D eigenvalue weighted by Crippen LogP contribution is 2.38. The maximum Gasteiger partial charge on any atom is 0.326 e. The summed E-state index contributed by atoms with van der Waals surface area (Å²) in [5.41, 5.74) is -0.453. The van der Waals surface area contributed by atoms with Gasteiger partial charge in [-0.15, -0.1) is 0 Å². The summed E-state index contributed by atoms with van der Waals surface area (Å²) in [5, 5.41) is 4.58. The van der Waals surface area contributed by atoms with E-state index >= 15 is 0 Å². The summed E-state index contributed by atoms with van der Waals surface area (Å²) < 4.78 is 10.5. The van der Waals surface area contributed by atoms with Crippen LogP contribution in [0.1, 0.15) is 39.5 Å². The summed E-state index contributed by atoms with van der Waals surface area (Å²) >= 11 is 2.00. The molecular formula is C14H25NO3S. The van der Waals surface area contributed by atoms with Crippen molar-refractivity contribution in [3.63, 3.8) is 0 Å². The van der Waals surface area contributed by atoms with E-state index in [1.165, 1.54) is 6.42 Å². The molecule has 1 aliphatic heterocycles. The van der Waals surface area contributed by atoms with E-state index in [2.05, 4.69) is 12.2 Å². The third-order valence-electron chi connectivity index (χ3n) is 3.88. The monoisotopic (exact) mass is 287 g/mol. The molecular weight excluding hydrogens is 262 g/mol. The van der Waals surface area contributed by atoms with Crippen LogP contribution in [-0.4, -0.2) is 48.4 Å². The van der Waals surface area contributed by atoms with Crippen LogP contribution in [0, 0.1) is 0 Å². The highest BCUT2D eigenvalue weighted by molar-refractivity contribution is 8.00. The van der Waals surface area contributed by atoms with E-state index in [9.17, 15) is 4.79 Å². The predicted molar refractivity (Wildman–Crippen MR) is 77.5 cm³/mol. The van der Waals surface area contributed by atoms with Crippen LogP contribution in [0.15, 0.2) is 0 Å². The standard InChI is InChI=1S/C14H25NO3S/c1-3-15-14(13(16)18-4-2)7-5-6-11(8-14)19-12-9-17-10-12/h11-12,15H,3-10H2,1-2H3. The minimum Gasteiger partial charge on any atom is -0.465 e. The van der Waals surface area contributed by atoms with Gasteiger partial charge in [-0.3, -0.25) is 4.79 Å². The van der Waals surface area contributed by atoms with Gasteiger partial charge in [0.2, 0.25) is 0 Å². The Morgan fingerprint density at radius 2 is 2.21 bits per heavy atom. The van der Waals surface area contributed by atoms with Crippen molar-refractivity contribution in [1.29, 1.82) is 0 Å². The molecule has 2 rings (SSSR count). The van der Waals surface area contributed by atoms with Crippen LogP contribution in [0.25, 0.3) is 0 Å². The molecule has 2 aliphatic rings. The second kappa shape index (κ2) is 6.95. The first kappa shape index (κ1) is 15.1. The maximum absolute atomic E-state index is 12.3. The van der Waals surface area contributed by atoms with Crippen molar-refractivity contribution in [2.75, 3.05) is 26.4 Å². The van der Waals surface area contributed by atoms with E-state index in [1.807, 2.05) is 18.7 Å². The minimum atomic E-state index is -0.453. The Bertz CT molecular complexity index is 305. The fourth-order valence-electron chi connectivity index (χ4n) is 2.93. The Balaban J connectivity index is 1.97. The number of esters is 1. The number of carbonyl (C=O) groups excluding carboxylic acids is 1. The van der Waals surface area contributed by atoms with Gasteiger partial charge in [0, 0.05) is 5.25 Å². The molecule has 1 saturated heterocycles. The molecule has 0 aromatic rings. The number of rotatable bonds is 6. The first-order valence-electron chi connectivity index (χ1n) is 7.35. The minimum absolute atomic E-state index is 0.0630. The molecule has 0 bridgehead atoms. The topological polar surface area (TPSA) is 47.6 Å². The Labute approximate surface area is 120 Å². The summed E-state index contributed by atoms with van der Waals surface area (Å²) in [6.07, 6.45) is 4.09. The average Bonchev–Trinajstić information content (AvgIpc) is 2.35. The zero-order valence-corrected chi connectivity index (χ0v) is 12.8. The number of hydrogen-bond donors (Lipinski definition) is 1. The van der Waals surface area contributed by atoms with E-state index in [4.69, 9.17) is 9.47 Å². The van der Waals surface area contributed by atoms with E-state index in [-0.39, 0.29) is 5.97 Å². The predicted octanol–water partition coefficient (Wildman–Crippen LogP) is 1.97. The van der Waals surface area contributed by atoms with Crippen LogP contribution in [0.5, 0.6) is 0 Å². The van der Waals surface area contributed by atoms with Gasteiger partial charge in [0.1, 0.15) is 5.54 Å². The third kappa shape index (κ3) is 3.64. The van der Waals surface area contributed by atoms with Crippen molar-refractivity contribution in [3.8, 4) is 0 Å². The van der Waals surface area contributed by atoms with Gasteiger partial charge < -0.3 is 14.8 Å². The lowest BCUT2D eigenvalue weighted by molar-refractivity contribution is -0.152. The average molecular weight is 287 g/mol. The molecule has 2 fully saturated rings. The lowest BCUT2D eigenvalue weighted by atomic mass is 9.81. The normalized spacial score (nSPS) is 31.8. The van der Waals surface area contributed by atoms with Gasteiger partial charge in [-0.05, 0) is 39.2 Å².